The first-order valence-corrected chi connectivity index (χ1v) is 6.31. The zero-order valence-electron chi connectivity index (χ0n) is 11.0. The summed E-state index contributed by atoms with van der Waals surface area (Å²) in [4.78, 5) is 4.33. The van der Waals surface area contributed by atoms with Gasteiger partial charge in [0, 0.05) is 5.39 Å². The maximum absolute atomic E-state index is 9.29. The number of hydrogen-bond acceptors (Lipinski definition) is 3. The van der Waals surface area contributed by atoms with Gasteiger partial charge in [0.25, 0.3) is 0 Å². The van der Waals surface area contributed by atoms with Crippen LogP contribution in [0.25, 0.3) is 11.0 Å². The maximum Gasteiger partial charge on any atom is 0.193 e. The third-order valence-corrected chi connectivity index (χ3v) is 3.08. The van der Waals surface area contributed by atoms with E-state index in [0.717, 1.165) is 22.2 Å². The predicted octanol–water partition coefficient (Wildman–Crippen LogP) is 3.80. The highest BCUT2D eigenvalue weighted by Crippen LogP contribution is 2.23. The summed E-state index contributed by atoms with van der Waals surface area (Å²) in [5, 5.41) is 10.3. The number of rotatable bonds is 2. The van der Waals surface area contributed by atoms with Crippen molar-refractivity contribution >= 4 is 22.5 Å². The monoisotopic (exact) mass is 266 g/mol. The van der Waals surface area contributed by atoms with Gasteiger partial charge in [-0.15, -0.1) is 0 Å². The molecule has 4 heteroatoms. The number of para-hydroxylation sites is 2. The average molecular weight is 266 g/mol. The van der Waals surface area contributed by atoms with Crippen LogP contribution in [0.15, 0.2) is 64.0 Å². The zero-order chi connectivity index (χ0) is 13.9. The molecule has 0 saturated carbocycles. The predicted molar refractivity (Wildman–Crippen MR) is 78.5 cm³/mol. The molecular formula is C16H14N2O2. The molecule has 0 aliphatic heterocycles. The summed E-state index contributed by atoms with van der Waals surface area (Å²) in [7, 11) is 0. The molecule has 20 heavy (non-hydrogen) atoms. The van der Waals surface area contributed by atoms with Crippen molar-refractivity contribution in [2.24, 2.45) is 4.99 Å². The van der Waals surface area contributed by atoms with Crippen LogP contribution in [0.5, 0.6) is 0 Å². The molecule has 0 radical (unpaired) electrons. The molecule has 0 bridgehead atoms. The minimum absolute atomic E-state index is 0.284. The summed E-state index contributed by atoms with van der Waals surface area (Å²) in [6, 6.07) is 17.2. The van der Waals surface area contributed by atoms with E-state index in [9.17, 15) is 5.21 Å². The first-order chi connectivity index (χ1) is 9.78. The van der Waals surface area contributed by atoms with Crippen molar-refractivity contribution in [2.75, 3.05) is 0 Å². The number of nitrogens with zero attached hydrogens (tertiary/aromatic N) is 1. The Balaban J connectivity index is 2.08. The Morgan fingerprint density at radius 1 is 1.10 bits per heavy atom. The van der Waals surface area contributed by atoms with Crippen LogP contribution in [0.3, 0.4) is 0 Å². The highest BCUT2D eigenvalue weighted by Gasteiger charge is 2.11. The standard InChI is InChI=1S/C16H14N2O2/c1-11-6-5-7-12-10-14(20-15(11)12)16(18-19)17-13-8-3-2-4-9-13/h2-10,19H,1H3,(H,17,18). The van der Waals surface area contributed by atoms with Crippen molar-refractivity contribution in [3.05, 3.63) is 65.9 Å². The number of hydroxylamine groups is 1. The number of fused-ring (bicyclic) bond motifs is 1. The van der Waals surface area contributed by atoms with E-state index in [4.69, 9.17) is 4.42 Å². The minimum Gasteiger partial charge on any atom is -0.452 e. The lowest BCUT2D eigenvalue weighted by Crippen LogP contribution is -2.19. The van der Waals surface area contributed by atoms with Crippen LogP contribution in [0.4, 0.5) is 5.69 Å². The fourth-order valence-electron chi connectivity index (χ4n) is 2.09. The van der Waals surface area contributed by atoms with Crippen molar-refractivity contribution in [3.8, 4) is 0 Å². The number of aryl methyl sites for hydroxylation is 1. The van der Waals surface area contributed by atoms with Gasteiger partial charge in [-0.1, -0.05) is 36.4 Å². The quantitative estimate of drug-likeness (QED) is 0.421. The van der Waals surface area contributed by atoms with Gasteiger partial charge < -0.3 is 4.42 Å². The van der Waals surface area contributed by atoms with E-state index >= 15 is 0 Å². The van der Waals surface area contributed by atoms with E-state index in [2.05, 4.69) is 10.5 Å². The van der Waals surface area contributed by atoms with E-state index < -0.39 is 0 Å². The summed E-state index contributed by atoms with van der Waals surface area (Å²) >= 11 is 0. The maximum atomic E-state index is 9.29. The second-order valence-electron chi connectivity index (χ2n) is 4.51. The van der Waals surface area contributed by atoms with Crippen LogP contribution in [-0.4, -0.2) is 11.0 Å². The molecule has 0 fully saturated rings. The Kier molecular flexibility index (Phi) is 3.23. The summed E-state index contributed by atoms with van der Waals surface area (Å²) in [6.45, 7) is 1.98. The SMILES string of the molecule is Cc1cccc2cc(C(=Nc3ccccc3)NO)oc12. The molecule has 0 aliphatic carbocycles. The number of amidine groups is 1. The Hall–Kier alpha value is -2.59. The Bertz CT molecular complexity index is 761. The molecule has 0 saturated heterocycles. The number of hydrogen-bond donors (Lipinski definition) is 2. The van der Waals surface area contributed by atoms with Crippen molar-refractivity contribution < 1.29 is 9.62 Å². The Morgan fingerprint density at radius 2 is 1.90 bits per heavy atom. The lowest BCUT2D eigenvalue weighted by molar-refractivity contribution is 0.233. The van der Waals surface area contributed by atoms with E-state index in [0.29, 0.717) is 5.76 Å². The Morgan fingerprint density at radius 3 is 2.60 bits per heavy atom. The number of aliphatic imine (C=N–C) groups is 1. The third kappa shape index (κ3) is 2.29. The van der Waals surface area contributed by atoms with Crippen LogP contribution >= 0.6 is 0 Å². The van der Waals surface area contributed by atoms with Gasteiger partial charge in [-0.05, 0) is 30.7 Å². The third-order valence-electron chi connectivity index (χ3n) is 3.08. The van der Waals surface area contributed by atoms with Gasteiger partial charge in [-0.3, -0.25) is 5.21 Å². The van der Waals surface area contributed by atoms with Gasteiger partial charge >= 0.3 is 0 Å². The van der Waals surface area contributed by atoms with E-state index in [1.54, 1.807) is 0 Å². The van der Waals surface area contributed by atoms with Crippen molar-refractivity contribution in [3.63, 3.8) is 0 Å². The second kappa shape index (κ2) is 5.19. The summed E-state index contributed by atoms with van der Waals surface area (Å²) in [5.74, 6) is 0.785. The van der Waals surface area contributed by atoms with E-state index in [1.165, 1.54) is 0 Å². The summed E-state index contributed by atoms with van der Waals surface area (Å²) in [6.07, 6.45) is 0. The van der Waals surface area contributed by atoms with Gasteiger partial charge in [-0.2, -0.15) is 0 Å². The lowest BCUT2D eigenvalue weighted by atomic mass is 10.2. The molecule has 3 aromatic rings. The summed E-state index contributed by atoms with van der Waals surface area (Å²) < 4.78 is 5.77. The molecule has 3 rings (SSSR count). The van der Waals surface area contributed by atoms with Gasteiger partial charge in [0.1, 0.15) is 5.58 Å². The van der Waals surface area contributed by atoms with Gasteiger partial charge in [0.05, 0.1) is 5.69 Å². The van der Waals surface area contributed by atoms with Gasteiger partial charge in [0.2, 0.25) is 0 Å². The highest BCUT2D eigenvalue weighted by molar-refractivity contribution is 6.00. The zero-order valence-corrected chi connectivity index (χ0v) is 11.0. The normalized spacial score (nSPS) is 11.8. The average Bonchev–Trinajstić information content (AvgIpc) is 2.91. The first-order valence-electron chi connectivity index (χ1n) is 6.31. The van der Waals surface area contributed by atoms with Crippen LogP contribution in [-0.2, 0) is 0 Å². The molecule has 0 unspecified atom stereocenters. The molecule has 0 atom stereocenters. The van der Waals surface area contributed by atoms with Crippen LogP contribution in [0.2, 0.25) is 0 Å². The number of benzene rings is 2. The van der Waals surface area contributed by atoms with Gasteiger partial charge in [0.15, 0.2) is 11.6 Å². The second-order valence-corrected chi connectivity index (χ2v) is 4.51. The lowest BCUT2D eigenvalue weighted by Gasteiger charge is -2.01. The summed E-state index contributed by atoms with van der Waals surface area (Å²) in [5.41, 5.74) is 4.69. The molecular weight excluding hydrogens is 252 g/mol. The van der Waals surface area contributed by atoms with Crippen molar-refractivity contribution in [1.29, 1.82) is 0 Å². The fraction of sp³-hybridized carbons (Fsp3) is 0.0625. The number of furan rings is 1. The fourth-order valence-corrected chi connectivity index (χ4v) is 2.09. The molecule has 4 nitrogen and oxygen atoms in total. The van der Waals surface area contributed by atoms with E-state index in [1.807, 2.05) is 61.5 Å². The van der Waals surface area contributed by atoms with Crippen LogP contribution in [0, 0.1) is 6.92 Å². The first kappa shape index (κ1) is 12.4. The Labute approximate surface area is 116 Å². The minimum atomic E-state index is 0.284. The van der Waals surface area contributed by atoms with Crippen molar-refractivity contribution in [1.82, 2.24) is 5.48 Å². The molecule has 2 N–H and O–H groups in total. The highest BCUT2D eigenvalue weighted by atomic mass is 16.5. The molecule has 100 valence electrons. The number of nitrogens with one attached hydrogen (secondary N) is 1. The molecule has 2 aromatic carbocycles. The molecule has 1 aromatic heterocycles. The van der Waals surface area contributed by atoms with Crippen LogP contribution in [0.1, 0.15) is 11.3 Å². The topological polar surface area (TPSA) is 57.8 Å². The van der Waals surface area contributed by atoms with Gasteiger partial charge in [-0.25, -0.2) is 10.5 Å². The van der Waals surface area contributed by atoms with Crippen LogP contribution < -0.4 is 5.48 Å². The van der Waals surface area contributed by atoms with E-state index in [-0.39, 0.29) is 5.84 Å². The molecule has 0 aliphatic rings. The molecule has 0 spiro atoms. The molecule has 1 heterocycles. The largest absolute Gasteiger partial charge is 0.452 e. The smallest absolute Gasteiger partial charge is 0.193 e. The molecule has 0 amide bonds. The van der Waals surface area contributed by atoms with Crippen molar-refractivity contribution in [2.45, 2.75) is 6.92 Å².